The predicted octanol–water partition coefficient (Wildman–Crippen LogP) is 3.19. The molecule has 0 heterocycles. The summed E-state index contributed by atoms with van der Waals surface area (Å²) in [4.78, 5) is 9.78. The van der Waals surface area contributed by atoms with Gasteiger partial charge in [0, 0.05) is 10.7 Å². The average Bonchev–Trinajstić information content (AvgIpc) is 2.16. The Morgan fingerprint density at radius 3 is 2.93 bits per heavy atom. The maximum absolute atomic E-state index is 10.3. The molecule has 0 aliphatic rings. The fraction of sp³-hybridized carbons (Fsp3) is 0.111. The van der Waals surface area contributed by atoms with Gasteiger partial charge in [0.15, 0.2) is 0 Å². The summed E-state index contributed by atoms with van der Waals surface area (Å²) in [7, 11) is 0. The number of nitro groups is 1. The van der Waals surface area contributed by atoms with E-state index in [-0.39, 0.29) is 0 Å². The van der Waals surface area contributed by atoms with Gasteiger partial charge in [0.1, 0.15) is 5.03 Å². The van der Waals surface area contributed by atoms with E-state index < -0.39 is 4.92 Å². The Balaban J connectivity index is 2.80. The number of anilines is 1. The van der Waals surface area contributed by atoms with Crippen LogP contribution in [0, 0.1) is 10.1 Å². The fourth-order valence-corrected chi connectivity index (χ4v) is 1.54. The highest BCUT2D eigenvalue weighted by Gasteiger charge is 2.02. The van der Waals surface area contributed by atoms with Gasteiger partial charge in [-0.15, -0.1) is 11.8 Å². The maximum Gasteiger partial charge on any atom is 0.264 e. The summed E-state index contributed by atoms with van der Waals surface area (Å²) < 4.78 is 0. The van der Waals surface area contributed by atoms with Gasteiger partial charge in [-0.1, -0.05) is 17.7 Å². The van der Waals surface area contributed by atoms with E-state index in [0.29, 0.717) is 10.1 Å². The van der Waals surface area contributed by atoms with Crippen molar-refractivity contribution in [2.24, 2.45) is 0 Å². The van der Waals surface area contributed by atoms with Crippen LogP contribution in [0.4, 0.5) is 5.69 Å². The number of benzene rings is 1. The van der Waals surface area contributed by atoms with E-state index in [1.807, 2.05) is 0 Å². The molecule has 80 valence electrons. The van der Waals surface area contributed by atoms with Crippen molar-refractivity contribution >= 4 is 29.1 Å². The molecule has 6 heteroatoms. The molecule has 0 saturated heterocycles. The third kappa shape index (κ3) is 4.22. The first-order valence-corrected chi connectivity index (χ1v) is 5.64. The second-order valence-corrected chi connectivity index (χ2v) is 3.90. The Labute approximate surface area is 96.5 Å². The summed E-state index contributed by atoms with van der Waals surface area (Å²) in [5.41, 5.74) is 0.727. The van der Waals surface area contributed by atoms with E-state index in [4.69, 9.17) is 11.6 Å². The zero-order valence-electron chi connectivity index (χ0n) is 7.94. The molecule has 0 aliphatic carbocycles. The van der Waals surface area contributed by atoms with Gasteiger partial charge in [-0.3, -0.25) is 10.1 Å². The molecule has 0 fully saturated rings. The maximum atomic E-state index is 10.3. The molecule has 1 aromatic rings. The molecule has 0 aliphatic heterocycles. The molecule has 1 aromatic carbocycles. The van der Waals surface area contributed by atoms with Gasteiger partial charge in [-0.25, -0.2) is 0 Å². The summed E-state index contributed by atoms with van der Waals surface area (Å²) in [5.74, 6) is 0. The monoisotopic (exact) mass is 244 g/mol. The van der Waals surface area contributed by atoms with E-state index in [1.165, 1.54) is 11.8 Å². The Kier molecular flexibility index (Phi) is 4.45. The number of thioether (sulfide) groups is 1. The van der Waals surface area contributed by atoms with Crippen LogP contribution in [0.2, 0.25) is 5.02 Å². The lowest BCUT2D eigenvalue weighted by atomic mass is 10.3. The quantitative estimate of drug-likeness (QED) is 0.653. The summed E-state index contributed by atoms with van der Waals surface area (Å²) >= 11 is 7.04. The molecule has 0 radical (unpaired) electrons. The first kappa shape index (κ1) is 11.9. The number of nitrogens with one attached hydrogen (secondary N) is 1. The van der Waals surface area contributed by atoms with E-state index >= 15 is 0 Å². The van der Waals surface area contributed by atoms with Crippen LogP contribution in [0.25, 0.3) is 0 Å². The molecule has 15 heavy (non-hydrogen) atoms. The summed E-state index contributed by atoms with van der Waals surface area (Å²) in [5, 5.41) is 14.2. The Morgan fingerprint density at radius 2 is 2.40 bits per heavy atom. The van der Waals surface area contributed by atoms with Crippen molar-refractivity contribution < 1.29 is 4.92 Å². The molecule has 1 N–H and O–H groups in total. The van der Waals surface area contributed by atoms with Crippen LogP contribution < -0.4 is 5.32 Å². The van der Waals surface area contributed by atoms with Crippen molar-refractivity contribution in [3.05, 3.63) is 50.6 Å². The van der Waals surface area contributed by atoms with E-state index in [9.17, 15) is 10.1 Å². The highest BCUT2D eigenvalue weighted by molar-refractivity contribution is 8.02. The Morgan fingerprint density at radius 1 is 1.67 bits per heavy atom. The van der Waals surface area contributed by atoms with Gasteiger partial charge in [-0.2, -0.15) is 0 Å². The molecule has 0 bridgehead atoms. The summed E-state index contributed by atoms with van der Waals surface area (Å²) in [6.07, 6.45) is 2.68. The topological polar surface area (TPSA) is 55.2 Å². The lowest BCUT2D eigenvalue weighted by Gasteiger charge is -2.05. The molecule has 0 atom stereocenters. The first-order chi connectivity index (χ1) is 7.11. The van der Waals surface area contributed by atoms with Crippen LogP contribution in [0.5, 0.6) is 0 Å². The first-order valence-electron chi connectivity index (χ1n) is 4.03. The second kappa shape index (κ2) is 5.63. The number of rotatable bonds is 4. The van der Waals surface area contributed by atoms with E-state index in [1.54, 1.807) is 30.5 Å². The molecular weight excluding hydrogens is 236 g/mol. The number of nitrogens with zero attached hydrogens (tertiary/aromatic N) is 1. The molecule has 0 aromatic heterocycles. The summed E-state index contributed by atoms with van der Waals surface area (Å²) in [6, 6.07) is 7.00. The molecule has 0 spiro atoms. The van der Waals surface area contributed by atoms with Crippen molar-refractivity contribution in [2.75, 3.05) is 11.6 Å². The van der Waals surface area contributed by atoms with Crippen LogP contribution in [0.15, 0.2) is 35.5 Å². The largest absolute Gasteiger partial charge is 0.345 e. The molecule has 0 amide bonds. The zero-order chi connectivity index (χ0) is 11.3. The summed E-state index contributed by atoms with van der Waals surface area (Å²) in [6.45, 7) is 0. The van der Waals surface area contributed by atoms with Gasteiger partial charge in [0.2, 0.25) is 0 Å². The fourth-order valence-electron chi connectivity index (χ4n) is 0.940. The highest BCUT2D eigenvalue weighted by Crippen LogP contribution is 2.20. The second-order valence-electron chi connectivity index (χ2n) is 2.62. The van der Waals surface area contributed by atoms with Gasteiger partial charge < -0.3 is 5.32 Å². The lowest BCUT2D eigenvalue weighted by Crippen LogP contribution is -1.98. The van der Waals surface area contributed by atoms with Crippen LogP contribution >= 0.6 is 23.4 Å². The van der Waals surface area contributed by atoms with Crippen LogP contribution in [-0.4, -0.2) is 11.2 Å². The van der Waals surface area contributed by atoms with Crippen molar-refractivity contribution in [1.29, 1.82) is 0 Å². The smallest absolute Gasteiger partial charge is 0.264 e. The normalized spacial score (nSPS) is 11.2. The molecular formula is C9H9ClN2O2S. The Bertz CT molecular complexity index is 395. The van der Waals surface area contributed by atoms with Crippen LogP contribution in [0.3, 0.4) is 0 Å². The van der Waals surface area contributed by atoms with Crippen LogP contribution in [0.1, 0.15) is 0 Å². The number of hydrogen-bond acceptors (Lipinski definition) is 4. The minimum Gasteiger partial charge on any atom is -0.345 e. The van der Waals surface area contributed by atoms with Gasteiger partial charge in [0.05, 0.1) is 4.92 Å². The van der Waals surface area contributed by atoms with Crippen molar-refractivity contribution in [3.8, 4) is 0 Å². The zero-order valence-corrected chi connectivity index (χ0v) is 9.51. The SMILES string of the molecule is CSC(=C[N+](=O)[O-])Nc1cccc(Cl)c1. The van der Waals surface area contributed by atoms with Crippen molar-refractivity contribution in [3.63, 3.8) is 0 Å². The minimum absolute atomic E-state index is 0.460. The van der Waals surface area contributed by atoms with Gasteiger partial charge in [0.25, 0.3) is 6.20 Å². The standard InChI is InChI=1S/C9H9ClN2O2S/c1-15-9(6-12(13)14)11-8-4-2-3-7(10)5-8/h2-6,11H,1H3. The van der Waals surface area contributed by atoms with Crippen molar-refractivity contribution in [1.82, 2.24) is 0 Å². The molecule has 4 nitrogen and oxygen atoms in total. The minimum atomic E-state index is -0.497. The third-order valence-corrected chi connectivity index (χ3v) is 2.42. The molecule has 0 unspecified atom stereocenters. The lowest BCUT2D eigenvalue weighted by molar-refractivity contribution is -0.402. The number of hydrogen-bond donors (Lipinski definition) is 1. The van der Waals surface area contributed by atoms with Gasteiger partial charge in [-0.05, 0) is 24.5 Å². The van der Waals surface area contributed by atoms with Gasteiger partial charge >= 0.3 is 0 Å². The average molecular weight is 245 g/mol. The van der Waals surface area contributed by atoms with E-state index in [0.717, 1.165) is 11.9 Å². The number of halogens is 1. The van der Waals surface area contributed by atoms with Crippen molar-refractivity contribution in [2.45, 2.75) is 0 Å². The molecule has 1 rings (SSSR count). The Hall–Kier alpha value is -1.20. The predicted molar refractivity (Wildman–Crippen MR) is 63.7 cm³/mol. The highest BCUT2D eigenvalue weighted by atomic mass is 35.5. The van der Waals surface area contributed by atoms with Crippen LogP contribution in [-0.2, 0) is 0 Å². The third-order valence-electron chi connectivity index (χ3n) is 1.53. The molecule has 0 saturated carbocycles. The van der Waals surface area contributed by atoms with E-state index in [2.05, 4.69) is 5.32 Å².